The summed E-state index contributed by atoms with van der Waals surface area (Å²) >= 11 is 18.0. The fraction of sp³-hybridized carbons (Fsp3) is 0.0909. The highest BCUT2D eigenvalue weighted by atomic mass is 35.5. The number of carbonyl (C=O) groups excluding carboxylic acids is 2. The summed E-state index contributed by atoms with van der Waals surface area (Å²) in [5.74, 6) is -0.790. The van der Waals surface area contributed by atoms with Crippen LogP contribution in [0.3, 0.4) is 0 Å². The van der Waals surface area contributed by atoms with Gasteiger partial charge in [0.15, 0.2) is 6.61 Å². The quantitative estimate of drug-likeness (QED) is 0.315. The molecule has 0 bridgehead atoms. The predicted octanol–water partition coefficient (Wildman–Crippen LogP) is 6.27. The number of ketones is 1. The number of ether oxygens (including phenoxy) is 2. The van der Waals surface area contributed by atoms with E-state index in [2.05, 4.69) is 0 Å². The Labute approximate surface area is 182 Å². The summed E-state index contributed by atoms with van der Waals surface area (Å²) in [4.78, 5) is 24.8. The van der Waals surface area contributed by atoms with E-state index in [1.165, 1.54) is 12.1 Å². The first-order chi connectivity index (χ1) is 14.0. The number of halogens is 3. The molecule has 3 aromatic carbocycles. The lowest BCUT2D eigenvalue weighted by Crippen LogP contribution is -2.15. The molecule has 0 aromatic heterocycles. The number of Topliss-reactive ketones (excluding diaryl/α,β-unsaturated/α-hetero) is 1. The van der Waals surface area contributed by atoms with E-state index in [-0.39, 0.29) is 22.8 Å². The number of para-hydroxylation sites is 1. The van der Waals surface area contributed by atoms with Crippen molar-refractivity contribution in [1.82, 2.24) is 0 Å². The zero-order valence-corrected chi connectivity index (χ0v) is 17.3. The monoisotopic (exact) mass is 448 g/mol. The molecule has 0 saturated heterocycles. The van der Waals surface area contributed by atoms with Gasteiger partial charge in [-0.1, -0.05) is 65.1 Å². The molecule has 0 amide bonds. The molecule has 0 aliphatic carbocycles. The van der Waals surface area contributed by atoms with Crippen molar-refractivity contribution in [2.75, 3.05) is 6.61 Å². The molecule has 0 N–H and O–H groups in total. The van der Waals surface area contributed by atoms with Crippen LogP contribution in [0.15, 0.2) is 66.7 Å². The number of hydrogen-bond acceptors (Lipinski definition) is 4. The molecule has 0 unspecified atom stereocenters. The van der Waals surface area contributed by atoms with Crippen LogP contribution < -0.4 is 4.74 Å². The zero-order chi connectivity index (χ0) is 20.8. The van der Waals surface area contributed by atoms with Crippen molar-refractivity contribution < 1.29 is 19.1 Å². The summed E-state index contributed by atoms with van der Waals surface area (Å²) in [6.45, 7) is -0.275. The lowest BCUT2D eigenvalue weighted by Gasteiger charge is -2.12. The van der Waals surface area contributed by atoms with E-state index >= 15 is 0 Å². The molecule has 3 aromatic rings. The van der Waals surface area contributed by atoms with Gasteiger partial charge in [-0.15, -0.1) is 0 Å². The van der Waals surface area contributed by atoms with Crippen LogP contribution in [0.5, 0.6) is 5.75 Å². The van der Waals surface area contributed by atoms with Crippen LogP contribution in [-0.2, 0) is 11.3 Å². The van der Waals surface area contributed by atoms with Gasteiger partial charge in [0.05, 0.1) is 5.02 Å². The Morgan fingerprint density at radius 3 is 2.28 bits per heavy atom. The molecule has 0 fully saturated rings. The van der Waals surface area contributed by atoms with Gasteiger partial charge >= 0.3 is 5.97 Å². The number of benzene rings is 3. The molecule has 0 atom stereocenters. The van der Waals surface area contributed by atoms with Crippen molar-refractivity contribution in [3.8, 4) is 5.75 Å². The largest absolute Gasteiger partial charge is 0.488 e. The van der Waals surface area contributed by atoms with Crippen molar-refractivity contribution >= 4 is 46.6 Å². The average Bonchev–Trinajstić information content (AvgIpc) is 2.71. The Hall–Kier alpha value is -2.53. The molecule has 29 heavy (non-hydrogen) atoms. The topological polar surface area (TPSA) is 52.6 Å². The summed E-state index contributed by atoms with van der Waals surface area (Å²) < 4.78 is 10.9. The van der Waals surface area contributed by atoms with Gasteiger partial charge in [-0.3, -0.25) is 4.79 Å². The number of esters is 1. The van der Waals surface area contributed by atoms with Gasteiger partial charge in [-0.2, -0.15) is 0 Å². The van der Waals surface area contributed by atoms with Crippen LogP contribution in [0.2, 0.25) is 15.1 Å². The Balaban J connectivity index is 1.66. The van der Waals surface area contributed by atoms with Crippen LogP contribution in [0.25, 0.3) is 0 Å². The van der Waals surface area contributed by atoms with Gasteiger partial charge in [0.25, 0.3) is 0 Å². The highest BCUT2D eigenvalue weighted by molar-refractivity contribution is 6.36. The van der Waals surface area contributed by atoms with E-state index in [1.807, 2.05) is 18.2 Å². The lowest BCUT2D eigenvalue weighted by molar-refractivity contribution is 0.0470. The van der Waals surface area contributed by atoms with Crippen molar-refractivity contribution in [3.63, 3.8) is 0 Å². The molecule has 0 aliphatic heterocycles. The highest BCUT2D eigenvalue weighted by Gasteiger charge is 2.18. The van der Waals surface area contributed by atoms with E-state index in [0.29, 0.717) is 15.8 Å². The molecule has 148 valence electrons. The molecule has 0 spiro atoms. The minimum atomic E-state index is -0.682. The van der Waals surface area contributed by atoms with Gasteiger partial charge in [0.1, 0.15) is 17.9 Å². The average molecular weight is 450 g/mol. The smallest absolute Gasteiger partial charge is 0.342 e. The van der Waals surface area contributed by atoms with Crippen LogP contribution in [0.4, 0.5) is 0 Å². The molecule has 4 nitrogen and oxygen atoms in total. The maximum absolute atomic E-state index is 12.5. The minimum absolute atomic E-state index is 0.184. The van der Waals surface area contributed by atoms with E-state index in [0.717, 1.165) is 5.56 Å². The third kappa shape index (κ3) is 5.51. The van der Waals surface area contributed by atoms with Crippen molar-refractivity contribution in [2.24, 2.45) is 0 Å². The van der Waals surface area contributed by atoms with Crippen molar-refractivity contribution in [1.29, 1.82) is 0 Å². The second-order valence-electron chi connectivity index (χ2n) is 6.00. The Bertz CT molecular complexity index is 1050. The fourth-order valence-corrected chi connectivity index (χ4v) is 3.24. The van der Waals surface area contributed by atoms with Crippen LogP contribution >= 0.6 is 34.8 Å². The number of carbonyl (C=O) groups is 2. The SMILES string of the molecule is O=C(COC(=O)c1ccccc1OCc1ccccc1Cl)c1ccc(Cl)cc1Cl. The van der Waals surface area contributed by atoms with Crippen LogP contribution in [0.1, 0.15) is 26.3 Å². The van der Waals surface area contributed by atoms with Gasteiger partial charge < -0.3 is 9.47 Å². The lowest BCUT2D eigenvalue weighted by atomic mass is 10.1. The van der Waals surface area contributed by atoms with Crippen molar-refractivity contribution in [2.45, 2.75) is 6.61 Å². The van der Waals surface area contributed by atoms with E-state index in [1.54, 1.807) is 36.4 Å². The molecular weight excluding hydrogens is 435 g/mol. The second-order valence-corrected chi connectivity index (χ2v) is 7.25. The zero-order valence-electron chi connectivity index (χ0n) is 15.0. The van der Waals surface area contributed by atoms with Gasteiger partial charge in [-0.05, 0) is 36.4 Å². The minimum Gasteiger partial charge on any atom is -0.488 e. The molecular formula is C22H15Cl3O4. The Morgan fingerprint density at radius 2 is 1.52 bits per heavy atom. The standard InChI is InChI=1S/C22H15Cl3O4/c23-15-9-10-16(19(25)11-15)20(26)13-29-22(27)17-6-2-4-8-21(17)28-12-14-5-1-3-7-18(14)24/h1-11H,12-13H2. The van der Waals surface area contributed by atoms with Gasteiger partial charge in [0, 0.05) is 21.2 Å². The molecule has 0 heterocycles. The normalized spacial score (nSPS) is 10.4. The highest BCUT2D eigenvalue weighted by Crippen LogP contribution is 2.24. The number of rotatable bonds is 7. The Kier molecular flexibility index (Phi) is 7.15. The first-order valence-corrected chi connectivity index (χ1v) is 9.69. The second kappa shape index (κ2) is 9.79. The first kappa shape index (κ1) is 21.2. The first-order valence-electron chi connectivity index (χ1n) is 8.56. The molecule has 3 rings (SSSR count). The van der Waals surface area contributed by atoms with Crippen LogP contribution in [-0.4, -0.2) is 18.4 Å². The van der Waals surface area contributed by atoms with E-state index < -0.39 is 18.4 Å². The maximum atomic E-state index is 12.5. The van der Waals surface area contributed by atoms with E-state index in [9.17, 15) is 9.59 Å². The molecule has 0 saturated carbocycles. The van der Waals surface area contributed by atoms with Gasteiger partial charge in [0.2, 0.25) is 5.78 Å². The Morgan fingerprint density at radius 1 is 0.793 bits per heavy atom. The molecule has 7 heteroatoms. The molecule has 0 aliphatic rings. The maximum Gasteiger partial charge on any atom is 0.342 e. The summed E-state index contributed by atoms with van der Waals surface area (Å²) in [6.07, 6.45) is 0. The van der Waals surface area contributed by atoms with Crippen molar-refractivity contribution in [3.05, 3.63) is 98.5 Å². The van der Waals surface area contributed by atoms with E-state index in [4.69, 9.17) is 44.3 Å². The van der Waals surface area contributed by atoms with Gasteiger partial charge in [-0.25, -0.2) is 4.79 Å². The predicted molar refractivity (Wildman–Crippen MR) is 113 cm³/mol. The summed E-state index contributed by atoms with van der Waals surface area (Å²) in [6, 6.07) is 18.4. The summed E-state index contributed by atoms with van der Waals surface area (Å²) in [5.41, 5.74) is 1.21. The fourth-order valence-electron chi connectivity index (χ4n) is 2.53. The van der Waals surface area contributed by atoms with Crippen LogP contribution in [0, 0.1) is 0 Å². The third-order valence-corrected chi connectivity index (χ3v) is 4.93. The summed E-state index contributed by atoms with van der Waals surface area (Å²) in [7, 11) is 0. The third-order valence-electron chi connectivity index (χ3n) is 4.01. The molecule has 0 radical (unpaired) electrons. The summed E-state index contributed by atoms with van der Waals surface area (Å²) in [5, 5.41) is 1.17. The number of hydrogen-bond donors (Lipinski definition) is 0.